The van der Waals surface area contributed by atoms with Gasteiger partial charge in [-0.05, 0) is 69.9 Å². The summed E-state index contributed by atoms with van der Waals surface area (Å²) in [4.78, 5) is 28.5. The molecule has 1 atom stereocenters. The summed E-state index contributed by atoms with van der Waals surface area (Å²) in [5, 5.41) is 0. The summed E-state index contributed by atoms with van der Waals surface area (Å²) in [7, 11) is 0. The van der Waals surface area contributed by atoms with Crippen molar-refractivity contribution in [2.45, 2.75) is 61.4 Å². The average molecular weight is 808 g/mol. The van der Waals surface area contributed by atoms with Crippen molar-refractivity contribution in [3.8, 4) is 0 Å². The molecule has 2 aromatic rings. The van der Waals surface area contributed by atoms with Gasteiger partial charge in [0.05, 0.1) is 11.8 Å². The van der Waals surface area contributed by atoms with E-state index in [-0.39, 0.29) is 48.5 Å². The van der Waals surface area contributed by atoms with Gasteiger partial charge in [0.15, 0.2) is 6.54 Å². The number of allylic oxidation sites excluding steroid dienone is 3. The molecule has 0 amide bonds. The van der Waals surface area contributed by atoms with E-state index in [1.165, 1.54) is 6.26 Å². The fraction of sp³-hybridized carbons (Fsp3) is 0.314. The summed E-state index contributed by atoms with van der Waals surface area (Å²) in [6.07, 6.45) is 4.63. The minimum atomic E-state index is -1.37. The van der Waals surface area contributed by atoms with E-state index in [2.05, 4.69) is 13.2 Å². The van der Waals surface area contributed by atoms with E-state index in [1.54, 1.807) is 46.8 Å². The van der Waals surface area contributed by atoms with Crippen LogP contribution in [0.4, 0.5) is 10.1 Å². The van der Waals surface area contributed by atoms with E-state index < -0.39 is 10.8 Å². The SMILES string of the molecule is C=C(C)/C(=C(N)\N=C(/C)C1=[N+](Cc2cccc(C)c2F)c2ccccc21)C(C)(C=O)C(=C)O/C=C(\C)CC(C)(C)[C-]=O.[U]. The van der Waals surface area contributed by atoms with E-state index in [0.29, 0.717) is 47.2 Å². The largest absolute Gasteiger partial charge is 0.541 e. The van der Waals surface area contributed by atoms with Gasteiger partial charge < -0.3 is 20.1 Å². The minimum absolute atomic E-state index is 0. The van der Waals surface area contributed by atoms with Crippen LogP contribution < -0.4 is 5.73 Å². The number of hydrogen-bond donors (Lipinski definition) is 1. The zero-order chi connectivity index (χ0) is 31.4. The van der Waals surface area contributed by atoms with Gasteiger partial charge in [-0.3, -0.25) is 6.29 Å². The average Bonchev–Trinajstić information content (AvgIpc) is 2.92. The molecular formula is C35H40FN3O3U. The third-order valence-electron chi connectivity index (χ3n) is 7.37. The Morgan fingerprint density at radius 1 is 1.12 bits per heavy atom. The summed E-state index contributed by atoms with van der Waals surface area (Å²) in [6.45, 7) is 20.7. The fourth-order valence-electron chi connectivity index (χ4n) is 5.23. The molecule has 3 rings (SSSR count). The molecule has 0 saturated carbocycles. The topological polar surface area (TPSA) is 84.8 Å². The number of fused-ring (bicyclic) bond motifs is 1. The molecule has 224 valence electrons. The number of aldehydes is 1. The number of ether oxygens (including phenoxy) is 1. The monoisotopic (exact) mass is 807 g/mol. The van der Waals surface area contributed by atoms with E-state index in [4.69, 9.17) is 15.5 Å². The Bertz CT molecular complexity index is 1580. The maximum Gasteiger partial charge on any atom is 0.241 e. The van der Waals surface area contributed by atoms with Gasteiger partial charge in [-0.25, -0.2) is 9.38 Å². The predicted molar refractivity (Wildman–Crippen MR) is 167 cm³/mol. The van der Waals surface area contributed by atoms with Gasteiger partial charge in [0.25, 0.3) is 0 Å². The van der Waals surface area contributed by atoms with Crippen molar-refractivity contribution >= 4 is 29.7 Å². The summed E-state index contributed by atoms with van der Waals surface area (Å²) >= 11 is 0. The Morgan fingerprint density at radius 2 is 1.77 bits per heavy atom. The molecule has 1 unspecified atom stereocenters. The number of hydrogen-bond acceptors (Lipinski definition) is 5. The number of rotatable bonds is 13. The van der Waals surface area contributed by atoms with Gasteiger partial charge in [-0.15, -0.1) is 5.41 Å². The molecule has 1 heterocycles. The third-order valence-corrected chi connectivity index (χ3v) is 7.37. The molecule has 0 radical (unpaired) electrons. The maximum atomic E-state index is 14.9. The number of halogens is 1. The molecule has 1 aliphatic heterocycles. The molecule has 0 bridgehead atoms. The van der Waals surface area contributed by atoms with E-state index >= 15 is 0 Å². The molecule has 43 heavy (non-hydrogen) atoms. The quantitative estimate of drug-likeness (QED) is 0.0583. The first-order valence-corrected chi connectivity index (χ1v) is 13.7. The van der Waals surface area contributed by atoms with Crippen molar-refractivity contribution in [1.29, 1.82) is 0 Å². The Morgan fingerprint density at radius 3 is 2.37 bits per heavy atom. The van der Waals surface area contributed by atoms with E-state index in [1.807, 2.05) is 55.0 Å². The van der Waals surface area contributed by atoms with Crippen LogP contribution in [0, 0.1) is 54.7 Å². The zero-order valence-electron chi connectivity index (χ0n) is 26.1. The predicted octanol–water partition coefficient (Wildman–Crippen LogP) is 7.15. The van der Waals surface area contributed by atoms with Gasteiger partial charge in [0.2, 0.25) is 11.4 Å². The van der Waals surface area contributed by atoms with Crippen LogP contribution in [0.25, 0.3) is 0 Å². The molecule has 1 aliphatic rings. The van der Waals surface area contributed by atoms with Crippen LogP contribution in [-0.2, 0) is 20.9 Å². The Balaban J connectivity index is 0.00000645. The molecule has 0 spiro atoms. The number of aryl methyl sites for hydroxylation is 1. The molecule has 8 heteroatoms. The molecule has 0 fully saturated rings. The number of carbonyl (C=O) groups excluding carboxylic acids is 2. The number of para-hydroxylation sites is 1. The van der Waals surface area contributed by atoms with Crippen molar-refractivity contribution in [1.82, 2.24) is 0 Å². The number of nitrogens with two attached hydrogens (primary N) is 1. The van der Waals surface area contributed by atoms with Crippen LogP contribution in [-0.4, -0.2) is 28.6 Å². The molecule has 2 aromatic carbocycles. The summed E-state index contributed by atoms with van der Waals surface area (Å²) in [5.41, 5.74) is 10.7. The number of nitrogens with zero attached hydrogens (tertiary/aromatic N) is 2. The van der Waals surface area contributed by atoms with E-state index in [9.17, 15) is 14.0 Å². The first kappa shape index (κ1) is 35.9. The van der Waals surface area contributed by atoms with Crippen molar-refractivity contribution < 1.29 is 54.4 Å². The van der Waals surface area contributed by atoms with Crippen LogP contribution in [0.15, 0.2) is 95.2 Å². The maximum absolute atomic E-state index is 14.9. The van der Waals surface area contributed by atoms with Crippen molar-refractivity contribution in [3.05, 3.63) is 113 Å². The number of carbonyl (C=O) groups is 1. The van der Waals surface area contributed by atoms with Crippen LogP contribution in [0.2, 0.25) is 0 Å². The summed E-state index contributed by atoms with van der Waals surface area (Å²) in [5.74, 6) is -0.00996. The molecule has 0 saturated heterocycles. The second-order valence-corrected chi connectivity index (χ2v) is 11.7. The molecule has 2 N–H and O–H groups in total. The van der Waals surface area contributed by atoms with Crippen molar-refractivity contribution in [2.75, 3.05) is 0 Å². The molecule has 0 aliphatic carbocycles. The number of benzene rings is 2. The minimum Gasteiger partial charge on any atom is -0.541 e. The standard InChI is InChI=1S/C35H40FN3O3.U/c1-22(2)30(35(9,21-41)26(6)42-19-23(3)17-34(7,8)20-40)33(37)38-25(5)32-28-15-10-11-16-29(28)39(32)18-27-14-12-13-24(4)31(27)36;/h10-16,19,21H,1,6,17-18,37H2,2-5,7-9H3;/b23-19+,33-30+,38-25+;. The third kappa shape index (κ3) is 7.79. The first-order chi connectivity index (χ1) is 19.7. The van der Waals surface area contributed by atoms with Crippen molar-refractivity contribution in [3.63, 3.8) is 0 Å². The van der Waals surface area contributed by atoms with Gasteiger partial charge in [-0.1, -0.05) is 51.3 Å². The van der Waals surface area contributed by atoms with Crippen LogP contribution in [0.3, 0.4) is 0 Å². The van der Waals surface area contributed by atoms with E-state index in [0.717, 1.165) is 22.5 Å². The second kappa shape index (κ2) is 14.4. The van der Waals surface area contributed by atoms with Crippen molar-refractivity contribution in [2.24, 2.45) is 21.6 Å². The van der Waals surface area contributed by atoms with Gasteiger partial charge in [-0.2, -0.15) is 4.58 Å². The van der Waals surface area contributed by atoms with Gasteiger partial charge in [0, 0.05) is 42.8 Å². The zero-order valence-corrected chi connectivity index (χ0v) is 30.3. The smallest absolute Gasteiger partial charge is 0.241 e. The van der Waals surface area contributed by atoms with Crippen LogP contribution >= 0.6 is 0 Å². The fourth-order valence-corrected chi connectivity index (χ4v) is 5.23. The number of aliphatic imine (C=N–C) groups is 1. The van der Waals surface area contributed by atoms with Gasteiger partial charge in [0.1, 0.15) is 40.4 Å². The summed E-state index contributed by atoms with van der Waals surface area (Å²) in [6, 6.07) is 13.2. The first-order valence-electron chi connectivity index (χ1n) is 13.7. The van der Waals surface area contributed by atoms with Crippen LogP contribution in [0.1, 0.15) is 64.7 Å². The molecule has 6 nitrogen and oxygen atoms in total. The Kier molecular flexibility index (Phi) is 12.0. The second-order valence-electron chi connectivity index (χ2n) is 11.7. The van der Waals surface area contributed by atoms with Crippen LogP contribution in [0.5, 0.6) is 0 Å². The Hall–Kier alpha value is -3.34. The normalized spacial score (nSPS) is 15.3. The van der Waals surface area contributed by atoms with Gasteiger partial charge >= 0.3 is 0 Å². The summed E-state index contributed by atoms with van der Waals surface area (Å²) < 4.78 is 22.7. The molecule has 0 aromatic heterocycles. The molecular weight excluding hydrogens is 767 g/mol. The Labute approximate surface area is 278 Å².